The average molecular weight is 274 g/mol. The van der Waals surface area contributed by atoms with Crippen molar-refractivity contribution in [3.05, 3.63) is 34.7 Å². The van der Waals surface area contributed by atoms with Crippen molar-refractivity contribution in [2.24, 2.45) is 0 Å². The van der Waals surface area contributed by atoms with E-state index in [9.17, 15) is 0 Å². The van der Waals surface area contributed by atoms with E-state index in [1.807, 2.05) is 32.0 Å². The number of thiazole rings is 1. The van der Waals surface area contributed by atoms with E-state index in [1.165, 1.54) is 0 Å². The first kappa shape index (κ1) is 12.0. The van der Waals surface area contributed by atoms with Crippen molar-refractivity contribution in [3.8, 4) is 0 Å². The van der Waals surface area contributed by atoms with Crippen LogP contribution in [0.25, 0.3) is 10.2 Å². The smallest absolute Gasteiger partial charge is 0.156 e. The molecule has 3 rings (SSSR count). The van der Waals surface area contributed by atoms with Gasteiger partial charge >= 0.3 is 0 Å². The van der Waals surface area contributed by atoms with Crippen LogP contribution in [0.3, 0.4) is 0 Å². The van der Waals surface area contributed by atoms with Crippen LogP contribution in [0.1, 0.15) is 16.5 Å². The quantitative estimate of drug-likeness (QED) is 0.718. The molecular weight excluding hydrogens is 260 g/mol. The van der Waals surface area contributed by atoms with Crippen LogP contribution in [0.4, 0.5) is 11.4 Å². The van der Waals surface area contributed by atoms with Gasteiger partial charge in [-0.1, -0.05) is 5.16 Å². The standard InChI is InChI=1S/C13H14N4OS/c1-7-3-9(18-17-7)6-15-11-5-12-13(4-10(11)14)19-8(2)16-12/h3-5,15H,6,14H2,1-2H3. The minimum absolute atomic E-state index is 0.555. The van der Waals surface area contributed by atoms with Gasteiger partial charge in [-0.05, 0) is 26.0 Å². The molecule has 98 valence electrons. The van der Waals surface area contributed by atoms with Crippen LogP contribution >= 0.6 is 11.3 Å². The Kier molecular flexibility index (Phi) is 2.87. The molecular formula is C13H14N4OS. The molecule has 0 saturated heterocycles. The maximum atomic E-state index is 6.04. The number of nitrogen functional groups attached to an aromatic ring is 1. The highest BCUT2D eigenvalue weighted by atomic mass is 32.1. The third kappa shape index (κ3) is 2.39. The first-order valence-electron chi connectivity index (χ1n) is 5.94. The second-order valence-corrected chi connectivity index (χ2v) is 5.66. The largest absolute Gasteiger partial charge is 0.397 e. The molecule has 0 bridgehead atoms. The van der Waals surface area contributed by atoms with Crippen molar-refractivity contribution in [1.29, 1.82) is 0 Å². The summed E-state index contributed by atoms with van der Waals surface area (Å²) in [5.74, 6) is 0.784. The fourth-order valence-electron chi connectivity index (χ4n) is 1.94. The summed E-state index contributed by atoms with van der Waals surface area (Å²) < 4.78 is 6.26. The minimum Gasteiger partial charge on any atom is -0.397 e. The van der Waals surface area contributed by atoms with Gasteiger partial charge in [0, 0.05) is 6.07 Å². The molecule has 0 unspecified atom stereocenters. The first-order valence-corrected chi connectivity index (χ1v) is 6.76. The first-order chi connectivity index (χ1) is 9.11. The van der Waals surface area contributed by atoms with Crippen LogP contribution in [0, 0.1) is 13.8 Å². The van der Waals surface area contributed by atoms with Crippen LogP contribution in [0.15, 0.2) is 22.7 Å². The Morgan fingerprint density at radius 3 is 2.89 bits per heavy atom. The molecule has 0 amide bonds. The molecule has 0 atom stereocenters. The number of rotatable bonds is 3. The van der Waals surface area contributed by atoms with Gasteiger partial charge in [-0.15, -0.1) is 11.3 Å². The van der Waals surface area contributed by atoms with Crippen molar-refractivity contribution in [2.45, 2.75) is 20.4 Å². The number of nitrogens with one attached hydrogen (secondary N) is 1. The van der Waals surface area contributed by atoms with E-state index in [-0.39, 0.29) is 0 Å². The fraction of sp³-hybridized carbons (Fsp3) is 0.231. The van der Waals surface area contributed by atoms with Crippen LogP contribution in [-0.2, 0) is 6.54 Å². The molecule has 19 heavy (non-hydrogen) atoms. The Balaban J connectivity index is 1.85. The number of benzene rings is 1. The third-order valence-electron chi connectivity index (χ3n) is 2.80. The van der Waals surface area contributed by atoms with Crippen LogP contribution < -0.4 is 11.1 Å². The summed E-state index contributed by atoms with van der Waals surface area (Å²) in [5.41, 5.74) is 9.45. The lowest BCUT2D eigenvalue weighted by Crippen LogP contribution is -2.01. The van der Waals surface area contributed by atoms with Crippen molar-refractivity contribution >= 4 is 32.9 Å². The number of aryl methyl sites for hydroxylation is 2. The van der Waals surface area contributed by atoms with Crippen molar-refractivity contribution in [2.75, 3.05) is 11.1 Å². The molecule has 3 N–H and O–H groups in total. The molecule has 5 nitrogen and oxygen atoms in total. The van der Waals surface area contributed by atoms with Crippen molar-refractivity contribution in [1.82, 2.24) is 10.1 Å². The van der Waals surface area contributed by atoms with E-state index in [4.69, 9.17) is 10.3 Å². The van der Waals surface area contributed by atoms with E-state index in [0.717, 1.165) is 32.4 Å². The van der Waals surface area contributed by atoms with Gasteiger partial charge in [0.2, 0.25) is 0 Å². The lowest BCUT2D eigenvalue weighted by atomic mass is 10.2. The van der Waals surface area contributed by atoms with Gasteiger partial charge in [0.15, 0.2) is 5.76 Å². The lowest BCUT2D eigenvalue weighted by molar-refractivity contribution is 0.384. The summed E-state index contributed by atoms with van der Waals surface area (Å²) in [6.07, 6.45) is 0. The van der Waals surface area contributed by atoms with Gasteiger partial charge in [-0.3, -0.25) is 0 Å². The minimum atomic E-state index is 0.555. The Morgan fingerprint density at radius 1 is 1.32 bits per heavy atom. The Hall–Kier alpha value is -2.08. The molecule has 0 fully saturated rings. The van der Waals surface area contributed by atoms with E-state index < -0.39 is 0 Å². The zero-order chi connectivity index (χ0) is 13.4. The van der Waals surface area contributed by atoms with Crippen LogP contribution in [-0.4, -0.2) is 10.1 Å². The van der Waals surface area contributed by atoms with Gasteiger partial charge in [0.1, 0.15) is 0 Å². The molecule has 0 aliphatic carbocycles. The second kappa shape index (κ2) is 4.55. The number of nitrogens with two attached hydrogens (primary N) is 1. The van der Waals surface area contributed by atoms with Gasteiger partial charge < -0.3 is 15.6 Å². The topological polar surface area (TPSA) is 77.0 Å². The zero-order valence-corrected chi connectivity index (χ0v) is 11.5. The molecule has 6 heteroatoms. The number of fused-ring (bicyclic) bond motifs is 1. The van der Waals surface area contributed by atoms with Crippen molar-refractivity contribution < 1.29 is 4.52 Å². The summed E-state index contributed by atoms with van der Waals surface area (Å²) in [5, 5.41) is 8.14. The highest BCUT2D eigenvalue weighted by Gasteiger charge is 2.07. The molecule has 0 spiro atoms. The average Bonchev–Trinajstić information content (AvgIpc) is 2.91. The molecule has 0 radical (unpaired) electrons. The maximum Gasteiger partial charge on any atom is 0.156 e. The molecule has 2 aromatic heterocycles. The zero-order valence-electron chi connectivity index (χ0n) is 10.7. The molecule has 3 aromatic rings. The monoisotopic (exact) mass is 274 g/mol. The van der Waals surface area contributed by atoms with Crippen LogP contribution in [0.5, 0.6) is 0 Å². The number of aromatic nitrogens is 2. The van der Waals surface area contributed by atoms with Gasteiger partial charge in [0.25, 0.3) is 0 Å². The summed E-state index contributed by atoms with van der Waals surface area (Å²) in [6.45, 7) is 4.44. The number of hydrogen-bond acceptors (Lipinski definition) is 6. The maximum absolute atomic E-state index is 6.04. The SMILES string of the molecule is Cc1cc(CNc2cc3nc(C)sc3cc2N)on1. The predicted molar refractivity (Wildman–Crippen MR) is 77.3 cm³/mol. The normalized spacial score (nSPS) is 11.1. The fourth-order valence-corrected chi connectivity index (χ4v) is 2.80. The summed E-state index contributed by atoms with van der Waals surface area (Å²) in [4.78, 5) is 4.46. The number of anilines is 2. The van der Waals surface area contributed by atoms with E-state index >= 15 is 0 Å². The molecule has 1 aromatic carbocycles. The Morgan fingerprint density at radius 2 is 2.16 bits per heavy atom. The molecule has 2 heterocycles. The van der Waals surface area contributed by atoms with E-state index in [2.05, 4.69) is 15.5 Å². The lowest BCUT2D eigenvalue weighted by Gasteiger charge is -2.07. The summed E-state index contributed by atoms with van der Waals surface area (Å²) >= 11 is 1.65. The Labute approximate surface area is 114 Å². The predicted octanol–water partition coefficient (Wildman–Crippen LogP) is 3.10. The molecule has 0 saturated carbocycles. The number of hydrogen-bond donors (Lipinski definition) is 2. The second-order valence-electron chi connectivity index (χ2n) is 4.43. The van der Waals surface area contributed by atoms with Gasteiger partial charge in [0.05, 0.1) is 38.8 Å². The van der Waals surface area contributed by atoms with Gasteiger partial charge in [-0.2, -0.15) is 0 Å². The Bertz CT molecular complexity index is 731. The number of nitrogens with zero attached hydrogens (tertiary/aromatic N) is 2. The van der Waals surface area contributed by atoms with Crippen LogP contribution in [0.2, 0.25) is 0 Å². The summed E-state index contributed by atoms with van der Waals surface area (Å²) in [6, 6.07) is 5.82. The molecule has 0 aliphatic heterocycles. The third-order valence-corrected chi connectivity index (χ3v) is 3.73. The van der Waals surface area contributed by atoms with Crippen molar-refractivity contribution in [3.63, 3.8) is 0 Å². The van der Waals surface area contributed by atoms with E-state index in [1.54, 1.807) is 11.3 Å². The highest BCUT2D eigenvalue weighted by molar-refractivity contribution is 7.18. The molecule has 0 aliphatic rings. The summed E-state index contributed by atoms with van der Waals surface area (Å²) in [7, 11) is 0. The van der Waals surface area contributed by atoms with E-state index in [0.29, 0.717) is 12.2 Å². The van der Waals surface area contributed by atoms with Gasteiger partial charge in [-0.25, -0.2) is 4.98 Å². The highest BCUT2D eigenvalue weighted by Crippen LogP contribution is 2.29.